The Balaban J connectivity index is 1.78. The number of carbonyl (C=O) groups is 3. The molecule has 0 spiro atoms. The lowest BCUT2D eigenvalue weighted by Crippen LogP contribution is -2.36. The summed E-state index contributed by atoms with van der Waals surface area (Å²) in [5.74, 6) is -1.85. The van der Waals surface area contributed by atoms with Gasteiger partial charge in [-0.05, 0) is 31.2 Å². The normalized spacial score (nSPS) is 16.4. The van der Waals surface area contributed by atoms with Gasteiger partial charge in [0.1, 0.15) is 0 Å². The average Bonchev–Trinajstić information content (AvgIpc) is 2.96. The van der Waals surface area contributed by atoms with E-state index in [4.69, 9.17) is 0 Å². The molecule has 0 aliphatic carbocycles. The SMILES string of the molecule is CCC(=O)c1cccc(NC(=O)C2C(=O)N(c3ccccc3)N=C2C)c1. The van der Waals surface area contributed by atoms with E-state index < -0.39 is 17.7 Å². The fourth-order valence-corrected chi connectivity index (χ4v) is 2.81. The van der Waals surface area contributed by atoms with Crippen molar-refractivity contribution >= 4 is 34.7 Å². The summed E-state index contributed by atoms with van der Waals surface area (Å²) in [6.07, 6.45) is 0.385. The van der Waals surface area contributed by atoms with Crippen LogP contribution < -0.4 is 10.3 Å². The molecule has 0 saturated heterocycles. The van der Waals surface area contributed by atoms with Crippen molar-refractivity contribution in [2.45, 2.75) is 20.3 Å². The first-order valence-corrected chi connectivity index (χ1v) is 8.39. The molecule has 0 aromatic heterocycles. The lowest BCUT2D eigenvalue weighted by atomic mass is 10.0. The van der Waals surface area contributed by atoms with Crippen molar-refractivity contribution in [2.24, 2.45) is 11.0 Å². The lowest BCUT2D eigenvalue weighted by Gasteiger charge is -2.14. The quantitative estimate of drug-likeness (QED) is 0.665. The first-order valence-electron chi connectivity index (χ1n) is 8.39. The Kier molecular flexibility index (Phi) is 4.93. The lowest BCUT2D eigenvalue weighted by molar-refractivity contribution is -0.127. The number of amides is 2. The molecular weight excluding hydrogens is 330 g/mol. The van der Waals surface area contributed by atoms with Gasteiger partial charge in [-0.25, -0.2) is 0 Å². The van der Waals surface area contributed by atoms with E-state index >= 15 is 0 Å². The minimum absolute atomic E-state index is 0.00830. The highest BCUT2D eigenvalue weighted by molar-refractivity contribution is 6.28. The van der Waals surface area contributed by atoms with Gasteiger partial charge in [-0.15, -0.1) is 0 Å². The fourth-order valence-electron chi connectivity index (χ4n) is 2.81. The van der Waals surface area contributed by atoms with E-state index in [1.807, 2.05) is 6.07 Å². The molecule has 2 aromatic rings. The second-order valence-corrected chi connectivity index (χ2v) is 6.01. The number of ketones is 1. The van der Waals surface area contributed by atoms with Crippen LogP contribution in [0, 0.1) is 5.92 Å². The largest absolute Gasteiger partial charge is 0.325 e. The average molecular weight is 349 g/mol. The Hall–Kier alpha value is -3.28. The molecule has 6 heteroatoms. The Bertz CT molecular complexity index is 890. The van der Waals surface area contributed by atoms with E-state index in [0.29, 0.717) is 29.1 Å². The molecular formula is C20H19N3O3. The maximum Gasteiger partial charge on any atom is 0.265 e. The third kappa shape index (κ3) is 3.39. The van der Waals surface area contributed by atoms with Gasteiger partial charge in [0.05, 0.1) is 11.4 Å². The summed E-state index contributed by atoms with van der Waals surface area (Å²) in [7, 11) is 0. The summed E-state index contributed by atoms with van der Waals surface area (Å²) >= 11 is 0. The van der Waals surface area contributed by atoms with Gasteiger partial charge < -0.3 is 5.32 Å². The fraction of sp³-hybridized carbons (Fsp3) is 0.200. The Morgan fingerprint density at radius 3 is 2.54 bits per heavy atom. The maximum absolute atomic E-state index is 12.7. The molecule has 0 saturated carbocycles. The van der Waals surface area contributed by atoms with Crippen molar-refractivity contribution in [1.29, 1.82) is 0 Å². The van der Waals surface area contributed by atoms with E-state index in [1.165, 1.54) is 5.01 Å². The van der Waals surface area contributed by atoms with E-state index in [0.717, 1.165) is 0 Å². The van der Waals surface area contributed by atoms with Gasteiger partial charge in [-0.2, -0.15) is 10.1 Å². The van der Waals surface area contributed by atoms with Crippen LogP contribution in [-0.4, -0.2) is 23.3 Å². The number of carbonyl (C=O) groups excluding carboxylic acids is 3. The van der Waals surface area contributed by atoms with Gasteiger partial charge in [-0.3, -0.25) is 14.4 Å². The van der Waals surface area contributed by atoms with E-state index in [1.54, 1.807) is 62.4 Å². The van der Waals surface area contributed by atoms with Gasteiger partial charge in [0.15, 0.2) is 11.7 Å². The van der Waals surface area contributed by atoms with Crippen molar-refractivity contribution in [3.63, 3.8) is 0 Å². The molecule has 6 nitrogen and oxygen atoms in total. The second-order valence-electron chi connectivity index (χ2n) is 6.01. The van der Waals surface area contributed by atoms with Gasteiger partial charge in [0.25, 0.3) is 5.91 Å². The first kappa shape index (κ1) is 17.5. The van der Waals surface area contributed by atoms with Gasteiger partial charge >= 0.3 is 0 Å². The van der Waals surface area contributed by atoms with Crippen LogP contribution in [0.2, 0.25) is 0 Å². The van der Waals surface area contributed by atoms with Crippen LogP contribution in [0.1, 0.15) is 30.6 Å². The van der Waals surface area contributed by atoms with Crippen LogP contribution in [0.3, 0.4) is 0 Å². The summed E-state index contributed by atoms with van der Waals surface area (Å²) < 4.78 is 0. The predicted octanol–water partition coefficient (Wildman–Crippen LogP) is 3.26. The summed E-state index contributed by atoms with van der Waals surface area (Å²) in [6, 6.07) is 15.7. The predicted molar refractivity (Wildman–Crippen MR) is 100 cm³/mol. The highest BCUT2D eigenvalue weighted by Gasteiger charge is 2.39. The Morgan fingerprint density at radius 1 is 1.12 bits per heavy atom. The number of hydrogen-bond acceptors (Lipinski definition) is 4. The van der Waals surface area contributed by atoms with Crippen molar-refractivity contribution in [3.05, 3.63) is 60.2 Å². The molecule has 1 aliphatic heterocycles. The molecule has 1 unspecified atom stereocenters. The molecule has 26 heavy (non-hydrogen) atoms. The Morgan fingerprint density at radius 2 is 1.85 bits per heavy atom. The topological polar surface area (TPSA) is 78.8 Å². The molecule has 1 N–H and O–H groups in total. The zero-order valence-corrected chi connectivity index (χ0v) is 14.6. The standard InChI is InChI=1S/C20H19N3O3/c1-3-17(24)14-8-7-9-15(12-14)21-19(25)18-13(2)22-23(20(18)26)16-10-5-4-6-11-16/h4-12,18H,3H2,1-2H3,(H,21,25). The summed E-state index contributed by atoms with van der Waals surface area (Å²) in [4.78, 5) is 37.1. The van der Waals surface area contributed by atoms with Gasteiger partial charge in [-0.1, -0.05) is 37.3 Å². The van der Waals surface area contributed by atoms with Crippen molar-refractivity contribution in [1.82, 2.24) is 0 Å². The minimum Gasteiger partial charge on any atom is -0.325 e. The highest BCUT2D eigenvalue weighted by Crippen LogP contribution is 2.24. The number of nitrogens with zero attached hydrogens (tertiary/aromatic N) is 2. The summed E-state index contributed by atoms with van der Waals surface area (Å²) in [5.41, 5.74) is 2.05. The van der Waals surface area contributed by atoms with Crippen molar-refractivity contribution in [3.8, 4) is 0 Å². The van der Waals surface area contributed by atoms with E-state index in [9.17, 15) is 14.4 Å². The number of hydrogen-bond donors (Lipinski definition) is 1. The van der Waals surface area contributed by atoms with Crippen LogP contribution in [0.15, 0.2) is 59.7 Å². The number of hydrazone groups is 1. The number of Topliss-reactive ketones (excluding diaryl/α,β-unsaturated/α-hetero) is 1. The third-order valence-electron chi connectivity index (χ3n) is 4.17. The molecule has 2 aromatic carbocycles. The molecule has 132 valence electrons. The zero-order valence-electron chi connectivity index (χ0n) is 14.6. The van der Waals surface area contributed by atoms with Crippen LogP contribution in [0.4, 0.5) is 11.4 Å². The molecule has 0 bridgehead atoms. The molecule has 0 fully saturated rings. The molecule has 3 rings (SSSR count). The smallest absolute Gasteiger partial charge is 0.265 e. The second kappa shape index (κ2) is 7.31. The number of nitrogens with one attached hydrogen (secondary N) is 1. The zero-order chi connectivity index (χ0) is 18.7. The van der Waals surface area contributed by atoms with Crippen molar-refractivity contribution in [2.75, 3.05) is 10.3 Å². The maximum atomic E-state index is 12.7. The number of rotatable bonds is 5. The number of anilines is 2. The van der Waals surface area contributed by atoms with E-state index in [-0.39, 0.29) is 5.78 Å². The molecule has 2 amide bonds. The van der Waals surface area contributed by atoms with Crippen LogP contribution in [0.5, 0.6) is 0 Å². The van der Waals surface area contributed by atoms with Crippen LogP contribution in [0.25, 0.3) is 0 Å². The van der Waals surface area contributed by atoms with E-state index in [2.05, 4.69) is 10.4 Å². The monoisotopic (exact) mass is 349 g/mol. The molecule has 1 atom stereocenters. The first-order chi connectivity index (χ1) is 12.5. The summed E-state index contributed by atoms with van der Waals surface area (Å²) in [6.45, 7) is 3.44. The number of benzene rings is 2. The van der Waals surface area contributed by atoms with Crippen LogP contribution in [-0.2, 0) is 9.59 Å². The molecule has 1 heterocycles. The Labute approximate surface area is 151 Å². The van der Waals surface area contributed by atoms with Gasteiger partial charge in [0.2, 0.25) is 5.91 Å². The molecule has 0 radical (unpaired) electrons. The van der Waals surface area contributed by atoms with Gasteiger partial charge in [0, 0.05) is 17.7 Å². The number of para-hydroxylation sites is 1. The summed E-state index contributed by atoms with van der Waals surface area (Å²) in [5, 5.41) is 8.19. The highest BCUT2D eigenvalue weighted by atomic mass is 16.2. The minimum atomic E-state index is -0.985. The molecule has 1 aliphatic rings. The van der Waals surface area contributed by atoms with Crippen molar-refractivity contribution < 1.29 is 14.4 Å². The van der Waals surface area contributed by atoms with Crippen LogP contribution >= 0.6 is 0 Å². The third-order valence-corrected chi connectivity index (χ3v) is 4.17.